The van der Waals surface area contributed by atoms with Crippen molar-refractivity contribution in [1.29, 1.82) is 0 Å². The molecule has 3 aromatic rings. The molecule has 152 valence electrons. The largest absolute Gasteiger partial charge is 0.465 e. The van der Waals surface area contributed by atoms with Gasteiger partial charge in [0.25, 0.3) is 5.91 Å². The summed E-state index contributed by atoms with van der Waals surface area (Å²) >= 11 is 3.30. The second kappa shape index (κ2) is 9.05. The average Bonchev–Trinajstić information content (AvgIpc) is 2.71. The predicted molar refractivity (Wildman–Crippen MR) is 113 cm³/mol. The van der Waals surface area contributed by atoms with Crippen molar-refractivity contribution in [3.05, 3.63) is 86.9 Å². The zero-order valence-electron chi connectivity index (χ0n) is 15.2. The Morgan fingerprint density at radius 1 is 0.933 bits per heavy atom. The highest BCUT2D eigenvalue weighted by molar-refractivity contribution is 9.10. The van der Waals surface area contributed by atoms with Crippen LogP contribution >= 0.6 is 15.9 Å². The van der Waals surface area contributed by atoms with Crippen molar-refractivity contribution < 1.29 is 24.4 Å². The molecule has 0 aliphatic rings. The molecule has 0 fully saturated rings. The van der Waals surface area contributed by atoms with Crippen molar-refractivity contribution in [1.82, 2.24) is 0 Å². The molecule has 3 aromatic carbocycles. The Morgan fingerprint density at radius 3 is 2.13 bits per heavy atom. The summed E-state index contributed by atoms with van der Waals surface area (Å²) in [5.74, 6) is -0.295. The summed E-state index contributed by atoms with van der Waals surface area (Å²) in [5, 5.41) is 25.0. The van der Waals surface area contributed by atoms with Gasteiger partial charge in [-0.25, -0.2) is 4.79 Å². The summed E-state index contributed by atoms with van der Waals surface area (Å²) in [4.78, 5) is 33.9. The first-order valence-electron chi connectivity index (χ1n) is 8.45. The maximum atomic E-state index is 12.4. The van der Waals surface area contributed by atoms with E-state index < -0.39 is 16.9 Å². The summed E-state index contributed by atoms with van der Waals surface area (Å²) in [7, 11) is 0. The molecule has 0 saturated carbocycles. The van der Waals surface area contributed by atoms with Crippen LogP contribution in [-0.4, -0.2) is 22.0 Å². The van der Waals surface area contributed by atoms with Crippen molar-refractivity contribution in [3.8, 4) is 11.5 Å². The third-order valence-corrected chi connectivity index (χ3v) is 4.38. The van der Waals surface area contributed by atoms with Gasteiger partial charge in [0.2, 0.25) is 5.75 Å². The lowest BCUT2D eigenvalue weighted by Gasteiger charge is -2.09. The number of amides is 2. The normalized spacial score (nSPS) is 10.2. The van der Waals surface area contributed by atoms with Crippen LogP contribution in [0.2, 0.25) is 0 Å². The van der Waals surface area contributed by atoms with Gasteiger partial charge >= 0.3 is 11.8 Å². The highest BCUT2D eigenvalue weighted by atomic mass is 79.9. The lowest BCUT2D eigenvalue weighted by atomic mass is 10.1. The molecule has 0 aromatic heterocycles. The van der Waals surface area contributed by atoms with E-state index in [0.717, 1.165) is 10.5 Å². The van der Waals surface area contributed by atoms with Crippen LogP contribution in [0.25, 0.3) is 0 Å². The van der Waals surface area contributed by atoms with Crippen LogP contribution in [0, 0.1) is 10.1 Å². The van der Waals surface area contributed by atoms with Gasteiger partial charge in [-0.05, 0) is 60.7 Å². The topological polar surface area (TPSA) is 131 Å². The van der Waals surface area contributed by atoms with E-state index in [0.29, 0.717) is 11.4 Å². The van der Waals surface area contributed by atoms with Gasteiger partial charge in [-0.3, -0.25) is 20.2 Å². The minimum Gasteiger partial charge on any atom is -0.465 e. The molecule has 0 aliphatic heterocycles. The zero-order chi connectivity index (χ0) is 21.7. The van der Waals surface area contributed by atoms with Gasteiger partial charge < -0.3 is 15.2 Å². The van der Waals surface area contributed by atoms with Crippen molar-refractivity contribution in [3.63, 3.8) is 0 Å². The maximum absolute atomic E-state index is 12.4. The lowest BCUT2D eigenvalue weighted by Crippen LogP contribution is -2.12. The summed E-state index contributed by atoms with van der Waals surface area (Å²) in [6, 6.07) is 16.6. The van der Waals surface area contributed by atoms with E-state index in [9.17, 15) is 19.7 Å². The van der Waals surface area contributed by atoms with E-state index in [4.69, 9.17) is 9.84 Å². The first-order valence-corrected chi connectivity index (χ1v) is 9.24. The van der Waals surface area contributed by atoms with Crippen LogP contribution in [0.5, 0.6) is 11.5 Å². The maximum Gasteiger partial charge on any atom is 0.409 e. The number of hydrogen-bond donors (Lipinski definition) is 3. The number of nitrogens with one attached hydrogen (secondary N) is 2. The SMILES string of the molecule is O=C(O)Nc1ccc(Oc2ccc(C(=O)Nc3ccc(Br)cc3)cc2[N+](=O)[O-])cc1. The molecule has 0 aliphatic carbocycles. The fourth-order valence-electron chi connectivity index (χ4n) is 2.48. The molecular weight excluding hydrogens is 458 g/mol. The average molecular weight is 472 g/mol. The Bertz CT molecular complexity index is 1100. The van der Waals surface area contributed by atoms with E-state index in [2.05, 4.69) is 26.6 Å². The Labute approximate surface area is 178 Å². The highest BCUT2D eigenvalue weighted by Crippen LogP contribution is 2.33. The molecular formula is C20H14BrN3O6. The van der Waals surface area contributed by atoms with E-state index in [1.807, 2.05) is 0 Å². The quantitative estimate of drug-likeness (QED) is 0.321. The summed E-state index contributed by atoms with van der Waals surface area (Å²) in [5.41, 5.74) is 0.578. The smallest absolute Gasteiger partial charge is 0.409 e. The molecule has 0 atom stereocenters. The van der Waals surface area contributed by atoms with E-state index in [1.165, 1.54) is 36.4 Å². The van der Waals surface area contributed by atoms with Crippen LogP contribution in [0.4, 0.5) is 21.9 Å². The van der Waals surface area contributed by atoms with Gasteiger partial charge in [-0.15, -0.1) is 0 Å². The Kier molecular flexibility index (Phi) is 6.28. The van der Waals surface area contributed by atoms with Crippen LogP contribution in [0.1, 0.15) is 10.4 Å². The lowest BCUT2D eigenvalue weighted by molar-refractivity contribution is -0.385. The number of carboxylic acid groups (broad SMARTS) is 1. The zero-order valence-corrected chi connectivity index (χ0v) is 16.8. The minimum atomic E-state index is -1.21. The van der Waals surface area contributed by atoms with Gasteiger partial charge in [-0.1, -0.05) is 15.9 Å². The number of nitro groups is 1. The van der Waals surface area contributed by atoms with E-state index in [-0.39, 0.29) is 22.7 Å². The van der Waals surface area contributed by atoms with Crippen LogP contribution in [0.15, 0.2) is 71.2 Å². The summed E-state index contributed by atoms with van der Waals surface area (Å²) in [6.07, 6.45) is -1.21. The molecule has 0 bridgehead atoms. The molecule has 0 radical (unpaired) electrons. The molecule has 30 heavy (non-hydrogen) atoms. The molecule has 3 N–H and O–H groups in total. The minimum absolute atomic E-state index is 0.0564. The number of hydrogen-bond acceptors (Lipinski definition) is 5. The standard InChI is InChI=1S/C20H14BrN3O6/c21-13-2-4-14(5-3-13)22-19(25)12-1-10-18(17(11-12)24(28)29)30-16-8-6-15(7-9-16)23-20(26)27/h1-11,23H,(H,22,25)(H,26,27). The fraction of sp³-hybridized carbons (Fsp3) is 0. The highest BCUT2D eigenvalue weighted by Gasteiger charge is 2.19. The molecule has 3 rings (SSSR count). The Morgan fingerprint density at radius 2 is 1.53 bits per heavy atom. The summed E-state index contributed by atoms with van der Waals surface area (Å²) in [6.45, 7) is 0. The third-order valence-electron chi connectivity index (χ3n) is 3.85. The van der Waals surface area contributed by atoms with E-state index >= 15 is 0 Å². The number of ether oxygens (including phenoxy) is 1. The molecule has 0 heterocycles. The number of anilines is 2. The van der Waals surface area contributed by atoms with Crippen molar-refractivity contribution in [2.24, 2.45) is 0 Å². The second-order valence-corrected chi connectivity index (χ2v) is 6.87. The van der Waals surface area contributed by atoms with Crippen molar-refractivity contribution in [2.45, 2.75) is 0 Å². The number of rotatable bonds is 6. The van der Waals surface area contributed by atoms with Gasteiger partial charge in [0, 0.05) is 27.5 Å². The van der Waals surface area contributed by atoms with Crippen LogP contribution in [0.3, 0.4) is 0 Å². The Hall–Kier alpha value is -3.92. The fourth-order valence-corrected chi connectivity index (χ4v) is 2.75. The monoisotopic (exact) mass is 471 g/mol. The molecule has 0 saturated heterocycles. The number of nitrogens with zero attached hydrogens (tertiary/aromatic N) is 1. The molecule has 2 amide bonds. The number of halogens is 1. The molecule has 10 heteroatoms. The number of carbonyl (C=O) groups is 2. The van der Waals surface area contributed by atoms with Gasteiger partial charge in [0.1, 0.15) is 5.75 Å². The molecule has 0 spiro atoms. The van der Waals surface area contributed by atoms with Crippen molar-refractivity contribution in [2.75, 3.05) is 10.6 Å². The second-order valence-electron chi connectivity index (χ2n) is 5.96. The predicted octanol–water partition coefficient (Wildman–Crippen LogP) is 5.49. The van der Waals surface area contributed by atoms with Crippen LogP contribution in [-0.2, 0) is 0 Å². The molecule has 0 unspecified atom stereocenters. The van der Waals surface area contributed by atoms with E-state index in [1.54, 1.807) is 24.3 Å². The number of carbonyl (C=O) groups excluding carboxylic acids is 1. The first-order chi connectivity index (χ1) is 14.3. The first kappa shape index (κ1) is 20.8. The Balaban J connectivity index is 1.79. The van der Waals surface area contributed by atoms with Gasteiger partial charge in [-0.2, -0.15) is 0 Å². The summed E-state index contributed by atoms with van der Waals surface area (Å²) < 4.78 is 6.39. The van der Waals surface area contributed by atoms with Crippen molar-refractivity contribution >= 4 is 45.0 Å². The van der Waals surface area contributed by atoms with Gasteiger partial charge in [0.05, 0.1) is 4.92 Å². The number of benzene rings is 3. The third kappa shape index (κ3) is 5.32. The van der Waals surface area contributed by atoms with Crippen LogP contribution < -0.4 is 15.4 Å². The molecule has 9 nitrogen and oxygen atoms in total. The number of nitro benzene ring substituents is 1. The van der Waals surface area contributed by atoms with Gasteiger partial charge in [0.15, 0.2) is 0 Å².